The van der Waals surface area contributed by atoms with Gasteiger partial charge in [-0.2, -0.15) is 0 Å². The molecule has 1 nitrogen and oxygen atoms in total. The van der Waals surface area contributed by atoms with E-state index in [1.807, 2.05) is 0 Å². The van der Waals surface area contributed by atoms with E-state index in [0.717, 1.165) is 6.04 Å². The van der Waals surface area contributed by atoms with Gasteiger partial charge in [0.1, 0.15) is 0 Å². The van der Waals surface area contributed by atoms with Gasteiger partial charge in [-0.15, -0.1) is 0 Å². The Balaban J connectivity index is 2.47. The van der Waals surface area contributed by atoms with Gasteiger partial charge in [-0.1, -0.05) is 6.08 Å². The molecule has 0 aromatic heterocycles. The predicted octanol–water partition coefficient (Wildman–Crippen LogP) is 1.61. The van der Waals surface area contributed by atoms with Gasteiger partial charge in [0.2, 0.25) is 0 Å². The fourth-order valence-corrected chi connectivity index (χ4v) is 0.929. The summed E-state index contributed by atoms with van der Waals surface area (Å²) in [5.74, 6) is 0. The average molecular weight is 111 g/mol. The van der Waals surface area contributed by atoms with Crippen LogP contribution in [-0.4, -0.2) is 18.0 Å². The molecule has 0 saturated heterocycles. The van der Waals surface area contributed by atoms with Crippen LogP contribution in [-0.2, 0) is 0 Å². The lowest BCUT2D eigenvalue weighted by atomic mass is 10.1. The molecule has 8 heavy (non-hydrogen) atoms. The molecule has 1 atom stereocenters. The minimum Gasteiger partial charge on any atom is -0.378 e. The Morgan fingerprint density at radius 1 is 1.62 bits per heavy atom. The van der Waals surface area contributed by atoms with E-state index in [0.29, 0.717) is 0 Å². The van der Waals surface area contributed by atoms with Gasteiger partial charge < -0.3 is 4.90 Å². The molecule has 1 rings (SSSR count). The van der Waals surface area contributed by atoms with E-state index in [-0.39, 0.29) is 0 Å². The largest absolute Gasteiger partial charge is 0.378 e. The Morgan fingerprint density at radius 3 is 2.75 bits per heavy atom. The van der Waals surface area contributed by atoms with Crippen LogP contribution in [0.15, 0.2) is 12.3 Å². The molecule has 0 fully saturated rings. The van der Waals surface area contributed by atoms with E-state index in [1.165, 1.54) is 12.8 Å². The summed E-state index contributed by atoms with van der Waals surface area (Å²) >= 11 is 0. The highest BCUT2D eigenvalue weighted by atomic mass is 15.1. The monoisotopic (exact) mass is 111 g/mol. The van der Waals surface area contributed by atoms with Crippen LogP contribution in [0, 0.1) is 0 Å². The molecule has 0 radical (unpaired) electrons. The molecule has 0 spiro atoms. The normalized spacial score (nSPS) is 28.8. The zero-order valence-corrected chi connectivity index (χ0v) is 5.59. The van der Waals surface area contributed by atoms with Gasteiger partial charge >= 0.3 is 0 Å². The first-order valence-electron chi connectivity index (χ1n) is 3.19. The topological polar surface area (TPSA) is 3.24 Å². The lowest BCUT2D eigenvalue weighted by Crippen LogP contribution is -2.25. The van der Waals surface area contributed by atoms with E-state index in [9.17, 15) is 0 Å². The maximum atomic E-state index is 2.25. The maximum absolute atomic E-state index is 2.25. The smallest absolute Gasteiger partial charge is 0.0255 e. The van der Waals surface area contributed by atoms with Crippen molar-refractivity contribution < 1.29 is 0 Å². The Kier molecular flexibility index (Phi) is 1.56. The number of hydrogen-bond acceptors (Lipinski definition) is 1. The van der Waals surface area contributed by atoms with Gasteiger partial charge in [0.05, 0.1) is 0 Å². The molecule has 1 aliphatic heterocycles. The molecule has 0 N–H and O–H groups in total. The number of hydrogen-bond donors (Lipinski definition) is 0. The van der Waals surface area contributed by atoms with Crippen LogP contribution < -0.4 is 0 Å². The molecule has 1 heteroatoms. The summed E-state index contributed by atoms with van der Waals surface area (Å²) < 4.78 is 0. The van der Waals surface area contributed by atoms with Gasteiger partial charge in [0, 0.05) is 13.1 Å². The molecule has 0 bridgehead atoms. The lowest BCUT2D eigenvalue weighted by molar-refractivity contribution is 0.319. The fraction of sp³-hybridized carbons (Fsp3) is 0.714. The van der Waals surface area contributed by atoms with E-state index >= 15 is 0 Å². The first-order chi connectivity index (χ1) is 3.80. The molecule has 0 amide bonds. The quantitative estimate of drug-likeness (QED) is 0.459. The second-order valence-corrected chi connectivity index (χ2v) is 2.48. The third-order valence-electron chi connectivity index (χ3n) is 1.79. The van der Waals surface area contributed by atoms with E-state index in [4.69, 9.17) is 0 Å². The highest BCUT2D eigenvalue weighted by Crippen LogP contribution is 2.10. The van der Waals surface area contributed by atoms with Crippen molar-refractivity contribution in [2.24, 2.45) is 0 Å². The van der Waals surface area contributed by atoms with E-state index in [1.54, 1.807) is 0 Å². The fourth-order valence-electron chi connectivity index (χ4n) is 0.929. The third-order valence-corrected chi connectivity index (χ3v) is 1.79. The van der Waals surface area contributed by atoms with Crippen molar-refractivity contribution in [1.82, 2.24) is 4.90 Å². The Bertz CT molecular complexity index is 96.6. The molecule has 46 valence electrons. The zero-order valence-electron chi connectivity index (χ0n) is 5.59. The van der Waals surface area contributed by atoms with Crippen molar-refractivity contribution in [3.05, 3.63) is 12.3 Å². The zero-order chi connectivity index (χ0) is 5.98. The first kappa shape index (κ1) is 5.67. The van der Waals surface area contributed by atoms with Gasteiger partial charge in [-0.3, -0.25) is 0 Å². The number of nitrogens with zero attached hydrogens (tertiary/aromatic N) is 1. The van der Waals surface area contributed by atoms with Gasteiger partial charge in [0.25, 0.3) is 0 Å². The minimum atomic E-state index is 0.750. The predicted molar refractivity (Wildman–Crippen MR) is 35.6 cm³/mol. The highest BCUT2D eigenvalue weighted by molar-refractivity contribution is 4.89. The van der Waals surface area contributed by atoms with Crippen LogP contribution in [0.25, 0.3) is 0 Å². The van der Waals surface area contributed by atoms with Gasteiger partial charge in [-0.05, 0) is 26.0 Å². The molecular weight excluding hydrogens is 98.1 g/mol. The summed E-state index contributed by atoms with van der Waals surface area (Å²) in [7, 11) is 2.13. The van der Waals surface area contributed by atoms with Crippen LogP contribution in [0.3, 0.4) is 0 Å². The second kappa shape index (κ2) is 2.21. The van der Waals surface area contributed by atoms with Crippen LogP contribution in [0.5, 0.6) is 0 Å². The Morgan fingerprint density at radius 2 is 2.38 bits per heavy atom. The first-order valence-corrected chi connectivity index (χ1v) is 3.19. The van der Waals surface area contributed by atoms with Crippen molar-refractivity contribution in [2.45, 2.75) is 25.8 Å². The summed E-state index contributed by atoms with van der Waals surface area (Å²) in [6.07, 6.45) is 6.95. The summed E-state index contributed by atoms with van der Waals surface area (Å²) in [5.41, 5.74) is 0. The van der Waals surface area contributed by atoms with Crippen LogP contribution >= 0.6 is 0 Å². The molecule has 1 aliphatic rings. The summed E-state index contributed by atoms with van der Waals surface area (Å²) in [6, 6.07) is 0.750. The summed E-state index contributed by atoms with van der Waals surface area (Å²) in [4.78, 5) is 2.25. The van der Waals surface area contributed by atoms with Crippen molar-refractivity contribution in [2.75, 3.05) is 7.05 Å². The SMILES string of the molecule is C[C@H]1CCC=CN1C. The summed E-state index contributed by atoms with van der Waals surface area (Å²) in [5, 5.41) is 0. The minimum absolute atomic E-state index is 0.750. The number of allylic oxidation sites excluding steroid dienone is 1. The number of rotatable bonds is 0. The standard InChI is InChI=1S/C7H13N/c1-7-5-3-4-6-8(7)2/h4,6-7H,3,5H2,1-2H3/t7-/m0/s1. The second-order valence-electron chi connectivity index (χ2n) is 2.48. The van der Waals surface area contributed by atoms with Crippen LogP contribution in [0.2, 0.25) is 0 Å². The molecule has 0 unspecified atom stereocenters. The maximum Gasteiger partial charge on any atom is 0.0255 e. The van der Waals surface area contributed by atoms with E-state index in [2.05, 4.69) is 31.1 Å². The van der Waals surface area contributed by atoms with Crippen LogP contribution in [0.4, 0.5) is 0 Å². The molecular formula is C7H13N. The lowest BCUT2D eigenvalue weighted by Gasteiger charge is -2.25. The molecule has 0 saturated carbocycles. The highest BCUT2D eigenvalue weighted by Gasteiger charge is 2.06. The third kappa shape index (κ3) is 1.03. The van der Waals surface area contributed by atoms with Crippen molar-refractivity contribution in [3.63, 3.8) is 0 Å². The van der Waals surface area contributed by atoms with Crippen LogP contribution in [0.1, 0.15) is 19.8 Å². The Labute approximate surface area is 51.0 Å². The van der Waals surface area contributed by atoms with Gasteiger partial charge in [-0.25, -0.2) is 0 Å². The van der Waals surface area contributed by atoms with E-state index < -0.39 is 0 Å². The van der Waals surface area contributed by atoms with Crippen molar-refractivity contribution in [3.8, 4) is 0 Å². The summed E-state index contributed by atoms with van der Waals surface area (Å²) in [6.45, 7) is 2.25. The molecule has 0 aliphatic carbocycles. The van der Waals surface area contributed by atoms with Crippen molar-refractivity contribution >= 4 is 0 Å². The van der Waals surface area contributed by atoms with Crippen molar-refractivity contribution in [1.29, 1.82) is 0 Å². The molecule has 0 aromatic carbocycles. The average Bonchev–Trinajstić information content (AvgIpc) is 1.77. The molecule has 0 aromatic rings. The Hall–Kier alpha value is -0.460. The molecule has 1 heterocycles. The van der Waals surface area contributed by atoms with Gasteiger partial charge in [0.15, 0.2) is 0 Å².